The summed E-state index contributed by atoms with van der Waals surface area (Å²) in [6.07, 6.45) is 3.98. The first-order valence-corrected chi connectivity index (χ1v) is 7.64. The maximum Gasteiger partial charge on any atom is 0.146 e. The van der Waals surface area contributed by atoms with E-state index < -0.39 is 6.10 Å². The van der Waals surface area contributed by atoms with E-state index in [1.807, 2.05) is 11.6 Å². The van der Waals surface area contributed by atoms with E-state index in [1.54, 1.807) is 18.5 Å². The molecule has 2 atom stereocenters. The highest BCUT2D eigenvalue weighted by Crippen LogP contribution is 2.28. The van der Waals surface area contributed by atoms with Crippen LogP contribution in [-0.2, 0) is 13.6 Å². The van der Waals surface area contributed by atoms with Crippen LogP contribution in [0.25, 0.3) is 0 Å². The maximum absolute atomic E-state index is 13.0. The summed E-state index contributed by atoms with van der Waals surface area (Å²) in [7, 11) is 1.94. The second-order valence-corrected chi connectivity index (χ2v) is 5.93. The molecule has 1 aromatic heterocycles. The zero-order valence-electron chi connectivity index (χ0n) is 12.7. The average Bonchev–Trinajstić information content (AvgIpc) is 3.10. The molecule has 2 heterocycles. The summed E-state index contributed by atoms with van der Waals surface area (Å²) in [5.41, 5.74) is 0.770. The first-order valence-electron chi connectivity index (χ1n) is 7.64. The van der Waals surface area contributed by atoms with Gasteiger partial charge in [0.15, 0.2) is 0 Å². The summed E-state index contributed by atoms with van der Waals surface area (Å²) < 4.78 is 14.9. The quantitative estimate of drug-likeness (QED) is 0.918. The molecule has 2 unspecified atom stereocenters. The minimum atomic E-state index is -0.564. The van der Waals surface area contributed by atoms with Crippen molar-refractivity contribution in [1.29, 1.82) is 0 Å². The Balaban J connectivity index is 1.63. The van der Waals surface area contributed by atoms with E-state index in [0.717, 1.165) is 37.3 Å². The van der Waals surface area contributed by atoms with Gasteiger partial charge in [-0.2, -0.15) is 0 Å². The summed E-state index contributed by atoms with van der Waals surface area (Å²) >= 11 is 0. The van der Waals surface area contributed by atoms with Gasteiger partial charge in [-0.05, 0) is 43.5 Å². The first-order chi connectivity index (χ1) is 10.6. The summed E-state index contributed by atoms with van der Waals surface area (Å²) in [6.45, 7) is 1.75. The summed E-state index contributed by atoms with van der Waals surface area (Å²) in [5, 5.41) is 18.4. The van der Waals surface area contributed by atoms with Crippen LogP contribution in [0.2, 0.25) is 0 Å². The lowest BCUT2D eigenvalue weighted by molar-refractivity contribution is 0.116. The average molecular weight is 304 g/mol. The zero-order chi connectivity index (χ0) is 15.5. The summed E-state index contributed by atoms with van der Waals surface area (Å²) in [4.78, 5) is 2.34. The Hall–Kier alpha value is -1.79. The Morgan fingerprint density at radius 3 is 2.82 bits per heavy atom. The normalized spacial score (nSPS) is 20.4. The third-order valence-electron chi connectivity index (χ3n) is 4.40. The van der Waals surface area contributed by atoms with E-state index in [4.69, 9.17) is 0 Å². The lowest BCUT2D eigenvalue weighted by atomic mass is 10.0. The van der Waals surface area contributed by atoms with Gasteiger partial charge in [0.1, 0.15) is 18.0 Å². The molecule has 1 fully saturated rings. The van der Waals surface area contributed by atoms with Gasteiger partial charge in [-0.15, -0.1) is 10.2 Å². The molecule has 0 bridgehead atoms. The maximum atomic E-state index is 13.0. The van der Waals surface area contributed by atoms with Crippen LogP contribution in [0, 0.1) is 5.82 Å². The Labute approximate surface area is 129 Å². The Kier molecular flexibility index (Phi) is 4.49. The molecule has 1 aliphatic rings. The fourth-order valence-corrected chi connectivity index (χ4v) is 3.08. The van der Waals surface area contributed by atoms with E-state index in [9.17, 15) is 9.50 Å². The van der Waals surface area contributed by atoms with Gasteiger partial charge in [-0.3, -0.25) is 4.90 Å². The summed E-state index contributed by atoms with van der Waals surface area (Å²) in [5.74, 6) is 0.656. The van der Waals surface area contributed by atoms with Crippen LogP contribution < -0.4 is 0 Å². The fourth-order valence-electron chi connectivity index (χ4n) is 3.08. The van der Waals surface area contributed by atoms with Gasteiger partial charge >= 0.3 is 0 Å². The third-order valence-corrected chi connectivity index (χ3v) is 4.40. The second-order valence-electron chi connectivity index (χ2n) is 5.93. The van der Waals surface area contributed by atoms with E-state index in [2.05, 4.69) is 15.1 Å². The topological polar surface area (TPSA) is 54.2 Å². The van der Waals surface area contributed by atoms with Crippen molar-refractivity contribution in [3.63, 3.8) is 0 Å². The molecule has 0 aliphatic carbocycles. The Morgan fingerprint density at radius 2 is 2.14 bits per heavy atom. The zero-order valence-corrected chi connectivity index (χ0v) is 12.7. The van der Waals surface area contributed by atoms with Crippen LogP contribution in [-0.4, -0.2) is 37.4 Å². The van der Waals surface area contributed by atoms with Crippen LogP contribution in [0.3, 0.4) is 0 Å². The van der Waals surface area contributed by atoms with Gasteiger partial charge in [0.05, 0.1) is 12.6 Å². The highest BCUT2D eigenvalue weighted by Gasteiger charge is 2.28. The van der Waals surface area contributed by atoms with E-state index in [1.165, 1.54) is 12.1 Å². The molecule has 0 spiro atoms. The fraction of sp³-hybridized carbons (Fsp3) is 0.500. The molecule has 0 radical (unpaired) electrons. The smallest absolute Gasteiger partial charge is 0.146 e. The molecule has 1 aromatic carbocycles. The van der Waals surface area contributed by atoms with Gasteiger partial charge < -0.3 is 9.67 Å². The van der Waals surface area contributed by atoms with Crippen LogP contribution >= 0.6 is 0 Å². The number of aliphatic hydroxyl groups excluding tert-OH is 1. The van der Waals surface area contributed by atoms with Gasteiger partial charge in [0.2, 0.25) is 0 Å². The van der Waals surface area contributed by atoms with Crippen molar-refractivity contribution >= 4 is 0 Å². The van der Waals surface area contributed by atoms with Gasteiger partial charge in [-0.1, -0.05) is 12.1 Å². The van der Waals surface area contributed by atoms with Gasteiger partial charge in [0.25, 0.3) is 0 Å². The van der Waals surface area contributed by atoms with Crippen molar-refractivity contribution in [3.05, 3.63) is 47.8 Å². The first kappa shape index (κ1) is 15.1. The number of halogens is 1. The van der Waals surface area contributed by atoms with E-state index in [-0.39, 0.29) is 5.82 Å². The Bertz CT molecular complexity index is 613. The van der Waals surface area contributed by atoms with Crippen molar-refractivity contribution < 1.29 is 9.50 Å². The molecular formula is C16H21FN4O. The third kappa shape index (κ3) is 3.34. The molecule has 1 aliphatic heterocycles. The predicted octanol–water partition coefficient (Wildman–Crippen LogP) is 2.04. The molecule has 0 saturated carbocycles. The highest BCUT2D eigenvalue weighted by atomic mass is 19.1. The van der Waals surface area contributed by atoms with Crippen LogP contribution in [0.1, 0.15) is 36.8 Å². The predicted molar refractivity (Wildman–Crippen MR) is 80.4 cm³/mol. The highest BCUT2D eigenvalue weighted by molar-refractivity contribution is 5.18. The molecule has 3 rings (SSSR count). The molecule has 22 heavy (non-hydrogen) atoms. The van der Waals surface area contributed by atoms with Crippen molar-refractivity contribution in [2.45, 2.75) is 38.0 Å². The molecular weight excluding hydrogens is 283 g/mol. The molecule has 5 nitrogen and oxygen atoms in total. The molecule has 2 aromatic rings. The second kappa shape index (κ2) is 6.54. The van der Waals surface area contributed by atoms with Crippen molar-refractivity contribution in [3.8, 4) is 0 Å². The number of nitrogens with zero attached hydrogens (tertiary/aromatic N) is 4. The largest absolute Gasteiger partial charge is 0.388 e. The SMILES string of the molecule is Cn1cnnc1CN1CCCC1CC(O)c1ccc(F)cc1. The number of benzene rings is 1. The van der Waals surface area contributed by atoms with Crippen molar-refractivity contribution in [2.24, 2.45) is 7.05 Å². The van der Waals surface area contributed by atoms with E-state index >= 15 is 0 Å². The minimum absolute atomic E-state index is 0.277. The number of aliphatic hydroxyl groups is 1. The molecule has 1 N–H and O–H groups in total. The minimum Gasteiger partial charge on any atom is -0.388 e. The molecule has 6 heteroatoms. The summed E-state index contributed by atoms with van der Waals surface area (Å²) in [6, 6.07) is 6.41. The Morgan fingerprint density at radius 1 is 1.36 bits per heavy atom. The monoisotopic (exact) mass is 304 g/mol. The lowest BCUT2D eigenvalue weighted by Crippen LogP contribution is -2.31. The number of hydrogen-bond acceptors (Lipinski definition) is 4. The number of likely N-dealkylation sites (tertiary alicyclic amines) is 1. The number of rotatable bonds is 5. The van der Waals surface area contributed by atoms with Gasteiger partial charge in [-0.25, -0.2) is 4.39 Å². The number of aryl methyl sites for hydroxylation is 1. The number of hydrogen-bond donors (Lipinski definition) is 1. The lowest BCUT2D eigenvalue weighted by Gasteiger charge is -2.26. The number of aromatic nitrogens is 3. The van der Waals surface area contributed by atoms with Gasteiger partial charge in [0, 0.05) is 13.1 Å². The van der Waals surface area contributed by atoms with Crippen LogP contribution in [0.4, 0.5) is 4.39 Å². The molecule has 1 saturated heterocycles. The van der Waals surface area contributed by atoms with Crippen molar-refractivity contribution in [2.75, 3.05) is 6.54 Å². The van der Waals surface area contributed by atoms with Crippen LogP contribution in [0.15, 0.2) is 30.6 Å². The van der Waals surface area contributed by atoms with Crippen molar-refractivity contribution in [1.82, 2.24) is 19.7 Å². The standard InChI is InChI=1S/C16H21FN4O/c1-20-11-18-19-16(20)10-21-8-2-3-14(21)9-15(22)12-4-6-13(17)7-5-12/h4-7,11,14-15,22H,2-3,8-10H2,1H3. The molecule has 0 amide bonds. The molecule has 118 valence electrons. The van der Waals surface area contributed by atoms with Crippen LogP contribution in [0.5, 0.6) is 0 Å². The van der Waals surface area contributed by atoms with E-state index in [0.29, 0.717) is 12.5 Å².